The number of hydrogen-bond acceptors (Lipinski definition) is 3. The molecule has 1 aliphatic heterocycles. The molecule has 1 aromatic rings. The molecule has 15 heavy (non-hydrogen) atoms. The van der Waals surface area contributed by atoms with E-state index < -0.39 is 0 Å². The summed E-state index contributed by atoms with van der Waals surface area (Å²) in [6, 6.07) is 0.422. The first-order valence-corrected chi connectivity index (χ1v) is 5.17. The molecule has 2 atom stereocenters. The van der Waals surface area contributed by atoms with Gasteiger partial charge in [0.05, 0.1) is 6.04 Å². The molecular formula is C10H16N4O. The number of nitrogens with zero attached hydrogens (tertiary/aromatic N) is 2. The molecule has 1 saturated heterocycles. The Hall–Kier alpha value is -1.36. The fourth-order valence-corrected chi connectivity index (χ4v) is 1.96. The van der Waals surface area contributed by atoms with E-state index in [9.17, 15) is 4.79 Å². The quantitative estimate of drug-likeness (QED) is 0.697. The standard InChI is InChI=1S/C10H16N4O/c1-7-5-14(8(2)15)6-9(13-7)10-11-3-4-12-10/h3-4,7,9,13H,5-6H2,1-2H3,(H,11,12). The highest BCUT2D eigenvalue weighted by atomic mass is 16.2. The van der Waals surface area contributed by atoms with Crippen molar-refractivity contribution in [2.24, 2.45) is 0 Å². The molecule has 82 valence electrons. The van der Waals surface area contributed by atoms with Crippen molar-refractivity contribution in [1.82, 2.24) is 20.2 Å². The van der Waals surface area contributed by atoms with E-state index in [1.165, 1.54) is 0 Å². The fraction of sp³-hybridized carbons (Fsp3) is 0.600. The van der Waals surface area contributed by atoms with E-state index in [1.807, 2.05) is 4.90 Å². The maximum Gasteiger partial charge on any atom is 0.219 e. The number of aromatic nitrogens is 2. The van der Waals surface area contributed by atoms with E-state index in [2.05, 4.69) is 22.2 Å². The Morgan fingerprint density at radius 2 is 2.40 bits per heavy atom. The Morgan fingerprint density at radius 3 is 3.00 bits per heavy atom. The Bertz CT molecular complexity index is 335. The van der Waals surface area contributed by atoms with Gasteiger partial charge in [0.15, 0.2) is 0 Å². The van der Waals surface area contributed by atoms with Crippen molar-refractivity contribution in [3.05, 3.63) is 18.2 Å². The van der Waals surface area contributed by atoms with Crippen molar-refractivity contribution in [2.75, 3.05) is 13.1 Å². The predicted octanol–water partition coefficient (Wildman–Crippen LogP) is 0.291. The number of H-pyrrole nitrogens is 1. The maximum atomic E-state index is 11.3. The molecule has 0 spiro atoms. The van der Waals surface area contributed by atoms with Crippen molar-refractivity contribution in [2.45, 2.75) is 25.9 Å². The first-order chi connectivity index (χ1) is 7.16. The smallest absolute Gasteiger partial charge is 0.219 e. The lowest BCUT2D eigenvalue weighted by atomic mass is 10.1. The van der Waals surface area contributed by atoms with Crippen LogP contribution in [0.3, 0.4) is 0 Å². The van der Waals surface area contributed by atoms with Gasteiger partial charge in [0.1, 0.15) is 5.82 Å². The number of amides is 1. The van der Waals surface area contributed by atoms with Gasteiger partial charge in [0.25, 0.3) is 0 Å². The first-order valence-electron chi connectivity index (χ1n) is 5.17. The Balaban J connectivity index is 2.10. The van der Waals surface area contributed by atoms with Crippen LogP contribution in [0.4, 0.5) is 0 Å². The topological polar surface area (TPSA) is 61.0 Å². The summed E-state index contributed by atoms with van der Waals surface area (Å²) in [5, 5.41) is 3.42. The highest BCUT2D eigenvalue weighted by molar-refractivity contribution is 5.73. The van der Waals surface area contributed by atoms with Crippen LogP contribution in [0.15, 0.2) is 12.4 Å². The molecule has 2 N–H and O–H groups in total. The summed E-state index contributed by atoms with van der Waals surface area (Å²) in [5.41, 5.74) is 0. The third kappa shape index (κ3) is 2.18. The van der Waals surface area contributed by atoms with E-state index >= 15 is 0 Å². The van der Waals surface area contributed by atoms with Gasteiger partial charge in [-0.3, -0.25) is 4.79 Å². The molecule has 5 nitrogen and oxygen atoms in total. The Morgan fingerprint density at radius 1 is 1.60 bits per heavy atom. The van der Waals surface area contributed by atoms with Crippen LogP contribution in [-0.4, -0.2) is 39.9 Å². The number of rotatable bonds is 1. The third-order valence-electron chi connectivity index (χ3n) is 2.68. The summed E-state index contributed by atoms with van der Waals surface area (Å²) in [5.74, 6) is 1.02. The Kier molecular flexibility index (Phi) is 2.73. The predicted molar refractivity (Wildman–Crippen MR) is 56.2 cm³/mol. The van der Waals surface area contributed by atoms with Gasteiger partial charge < -0.3 is 15.2 Å². The zero-order valence-corrected chi connectivity index (χ0v) is 9.03. The van der Waals surface area contributed by atoms with E-state index in [-0.39, 0.29) is 11.9 Å². The Labute approximate surface area is 88.9 Å². The lowest BCUT2D eigenvalue weighted by Crippen LogP contribution is -2.52. The second-order valence-electron chi connectivity index (χ2n) is 4.02. The monoisotopic (exact) mass is 208 g/mol. The average molecular weight is 208 g/mol. The highest BCUT2D eigenvalue weighted by Crippen LogP contribution is 2.15. The van der Waals surface area contributed by atoms with E-state index in [1.54, 1.807) is 19.3 Å². The van der Waals surface area contributed by atoms with Crippen molar-refractivity contribution < 1.29 is 4.79 Å². The van der Waals surface area contributed by atoms with E-state index in [0.29, 0.717) is 12.6 Å². The van der Waals surface area contributed by atoms with Crippen molar-refractivity contribution in [3.63, 3.8) is 0 Å². The van der Waals surface area contributed by atoms with Gasteiger partial charge in [-0.25, -0.2) is 4.98 Å². The average Bonchev–Trinajstić information content (AvgIpc) is 2.69. The molecule has 1 aromatic heterocycles. The molecule has 1 fully saturated rings. The summed E-state index contributed by atoms with van der Waals surface area (Å²) in [6.45, 7) is 5.14. The molecule has 0 radical (unpaired) electrons. The van der Waals surface area contributed by atoms with Crippen LogP contribution < -0.4 is 5.32 Å². The van der Waals surface area contributed by atoms with Crippen LogP contribution in [-0.2, 0) is 4.79 Å². The minimum absolute atomic E-state index is 0.118. The molecule has 1 amide bonds. The zero-order valence-electron chi connectivity index (χ0n) is 9.03. The zero-order chi connectivity index (χ0) is 10.8. The van der Waals surface area contributed by atoms with Gasteiger partial charge >= 0.3 is 0 Å². The summed E-state index contributed by atoms with van der Waals surface area (Å²) < 4.78 is 0. The van der Waals surface area contributed by atoms with Gasteiger partial charge in [0.2, 0.25) is 5.91 Å². The molecule has 2 heterocycles. The van der Waals surface area contributed by atoms with Crippen LogP contribution in [0.2, 0.25) is 0 Å². The maximum absolute atomic E-state index is 11.3. The number of carbonyl (C=O) groups excluding carboxylic acids is 1. The second kappa shape index (κ2) is 4.02. The van der Waals surface area contributed by atoms with Gasteiger partial charge in [-0.15, -0.1) is 0 Å². The summed E-state index contributed by atoms with van der Waals surface area (Å²) >= 11 is 0. The van der Waals surface area contributed by atoms with Crippen molar-refractivity contribution >= 4 is 5.91 Å². The van der Waals surface area contributed by atoms with Crippen LogP contribution in [0, 0.1) is 0 Å². The molecule has 5 heteroatoms. The van der Waals surface area contributed by atoms with Gasteiger partial charge in [-0.1, -0.05) is 0 Å². The minimum atomic E-state index is 0.118. The first kappa shape index (κ1) is 10.2. The molecule has 0 saturated carbocycles. The van der Waals surface area contributed by atoms with Gasteiger partial charge in [0, 0.05) is 38.4 Å². The lowest BCUT2D eigenvalue weighted by molar-refractivity contribution is -0.130. The number of carbonyl (C=O) groups is 1. The third-order valence-corrected chi connectivity index (χ3v) is 2.68. The SMILES string of the molecule is CC(=O)N1CC(C)NC(c2ncc[nH]2)C1. The van der Waals surface area contributed by atoms with E-state index in [0.717, 1.165) is 12.4 Å². The second-order valence-corrected chi connectivity index (χ2v) is 4.02. The number of imidazole rings is 1. The van der Waals surface area contributed by atoms with Crippen LogP contribution >= 0.6 is 0 Å². The molecule has 0 bridgehead atoms. The number of nitrogens with one attached hydrogen (secondary N) is 2. The largest absolute Gasteiger partial charge is 0.347 e. The number of piperazine rings is 1. The summed E-state index contributed by atoms with van der Waals surface area (Å²) in [7, 11) is 0. The highest BCUT2D eigenvalue weighted by Gasteiger charge is 2.27. The lowest BCUT2D eigenvalue weighted by Gasteiger charge is -2.36. The summed E-state index contributed by atoms with van der Waals surface area (Å²) in [6.07, 6.45) is 3.53. The molecule has 2 rings (SSSR count). The number of aromatic amines is 1. The van der Waals surface area contributed by atoms with Crippen LogP contribution in [0.5, 0.6) is 0 Å². The molecular weight excluding hydrogens is 192 g/mol. The minimum Gasteiger partial charge on any atom is -0.347 e. The van der Waals surface area contributed by atoms with Gasteiger partial charge in [-0.05, 0) is 6.92 Å². The molecule has 1 aliphatic rings. The van der Waals surface area contributed by atoms with Crippen molar-refractivity contribution in [3.8, 4) is 0 Å². The summed E-state index contributed by atoms with van der Waals surface area (Å²) in [4.78, 5) is 20.5. The van der Waals surface area contributed by atoms with Crippen LogP contribution in [0.25, 0.3) is 0 Å². The molecule has 0 aromatic carbocycles. The van der Waals surface area contributed by atoms with E-state index in [4.69, 9.17) is 0 Å². The fourth-order valence-electron chi connectivity index (χ4n) is 1.96. The normalized spacial score (nSPS) is 26.7. The molecule has 2 unspecified atom stereocenters. The number of hydrogen-bond donors (Lipinski definition) is 2. The molecule has 0 aliphatic carbocycles. The van der Waals surface area contributed by atoms with Crippen LogP contribution in [0.1, 0.15) is 25.7 Å². The van der Waals surface area contributed by atoms with Gasteiger partial charge in [-0.2, -0.15) is 0 Å². The van der Waals surface area contributed by atoms with Crippen molar-refractivity contribution in [1.29, 1.82) is 0 Å².